The van der Waals surface area contributed by atoms with Crippen molar-refractivity contribution in [3.05, 3.63) is 45.7 Å². The van der Waals surface area contributed by atoms with Crippen LogP contribution in [0.15, 0.2) is 28.9 Å². The number of ether oxygens (including phenoxy) is 2. The van der Waals surface area contributed by atoms with Gasteiger partial charge >= 0.3 is 5.97 Å². The molecule has 21 heavy (non-hydrogen) atoms. The average Bonchev–Trinajstić information content (AvgIpc) is 2.77. The molecule has 0 fully saturated rings. The summed E-state index contributed by atoms with van der Waals surface area (Å²) in [5.74, 6) is 0.408. The van der Waals surface area contributed by atoms with Crippen LogP contribution in [0.2, 0.25) is 0 Å². The van der Waals surface area contributed by atoms with Crippen LogP contribution < -0.4 is 4.74 Å². The third kappa shape index (κ3) is 3.44. The number of nitrogens with zero attached hydrogens (tertiary/aromatic N) is 2. The van der Waals surface area contributed by atoms with Gasteiger partial charge in [-0.2, -0.15) is 5.10 Å². The molecule has 0 amide bonds. The van der Waals surface area contributed by atoms with Crippen LogP contribution >= 0.6 is 15.9 Å². The lowest BCUT2D eigenvalue weighted by atomic mass is 10.2. The van der Waals surface area contributed by atoms with E-state index in [1.165, 1.54) is 0 Å². The third-order valence-corrected chi connectivity index (χ3v) is 4.08. The number of carbonyl (C=O) groups excluding carboxylic acids is 1. The summed E-state index contributed by atoms with van der Waals surface area (Å²) >= 11 is 3.47. The van der Waals surface area contributed by atoms with Crippen LogP contribution in [0.3, 0.4) is 0 Å². The highest BCUT2D eigenvalue weighted by molar-refractivity contribution is 9.10. The standard InChI is InChI=1S/C15H17BrN2O3/c1-4-21-15(19)13-10(2)14(16)18(17-13)9-11-5-7-12(20-3)8-6-11/h5-8H,4,9H2,1-3H3. The molecule has 0 aliphatic rings. The highest BCUT2D eigenvalue weighted by atomic mass is 79.9. The Labute approximate surface area is 132 Å². The summed E-state index contributed by atoms with van der Waals surface area (Å²) in [7, 11) is 1.63. The zero-order valence-electron chi connectivity index (χ0n) is 12.2. The topological polar surface area (TPSA) is 53.3 Å². The van der Waals surface area contributed by atoms with Crippen molar-refractivity contribution in [1.82, 2.24) is 9.78 Å². The SMILES string of the molecule is CCOC(=O)c1nn(Cc2ccc(OC)cc2)c(Br)c1C. The minimum absolute atomic E-state index is 0.335. The predicted molar refractivity (Wildman–Crippen MR) is 82.7 cm³/mol. The van der Waals surface area contributed by atoms with Gasteiger partial charge < -0.3 is 9.47 Å². The Kier molecular flexibility index (Phi) is 5.01. The van der Waals surface area contributed by atoms with Crippen LogP contribution in [0.4, 0.5) is 0 Å². The summed E-state index contributed by atoms with van der Waals surface area (Å²) in [5, 5.41) is 4.33. The number of rotatable bonds is 5. The first-order valence-corrected chi connectivity index (χ1v) is 7.39. The molecular formula is C15H17BrN2O3. The van der Waals surface area contributed by atoms with Gasteiger partial charge in [0.15, 0.2) is 5.69 Å². The van der Waals surface area contributed by atoms with E-state index in [2.05, 4.69) is 21.0 Å². The van der Waals surface area contributed by atoms with E-state index in [0.29, 0.717) is 18.8 Å². The first-order chi connectivity index (χ1) is 10.1. The molecule has 6 heteroatoms. The molecule has 0 spiro atoms. The molecule has 0 unspecified atom stereocenters. The van der Waals surface area contributed by atoms with Gasteiger partial charge in [-0.25, -0.2) is 4.79 Å². The van der Waals surface area contributed by atoms with E-state index >= 15 is 0 Å². The maximum Gasteiger partial charge on any atom is 0.359 e. The van der Waals surface area contributed by atoms with Crippen LogP contribution in [0.25, 0.3) is 0 Å². The highest BCUT2D eigenvalue weighted by Crippen LogP contribution is 2.22. The van der Waals surface area contributed by atoms with Crippen LogP contribution in [0, 0.1) is 6.92 Å². The molecular weight excluding hydrogens is 336 g/mol. The molecule has 0 aliphatic carbocycles. The van der Waals surface area contributed by atoms with Crippen LogP contribution in [0.5, 0.6) is 5.75 Å². The minimum Gasteiger partial charge on any atom is -0.497 e. The van der Waals surface area contributed by atoms with Gasteiger partial charge in [-0.15, -0.1) is 0 Å². The summed E-state index contributed by atoms with van der Waals surface area (Å²) in [5.41, 5.74) is 2.19. The summed E-state index contributed by atoms with van der Waals surface area (Å²) < 4.78 is 12.7. The average molecular weight is 353 g/mol. The number of aromatic nitrogens is 2. The zero-order chi connectivity index (χ0) is 15.4. The van der Waals surface area contributed by atoms with Gasteiger partial charge in [0.05, 0.1) is 20.3 Å². The molecule has 2 rings (SSSR count). The number of methoxy groups -OCH3 is 1. The first kappa shape index (κ1) is 15.6. The Balaban J connectivity index is 2.23. The minimum atomic E-state index is -0.399. The van der Waals surface area contributed by atoms with Crippen LogP contribution in [0.1, 0.15) is 28.5 Å². The van der Waals surface area contributed by atoms with E-state index in [4.69, 9.17) is 9.47 Å². The summed E-state index contributed by atoms with van der Waals surface area (Å²) in [6, 6.07) is 7.72. The fraction of sp³-hybridized carbons (Fsp3) is 0.333. The smallest absolute Gasteiger partial charge is 0.359 e. The van der Waals surface area contributed by atoms with E-state index < -0.39 is 5.97 Å². The molecule has 0 N–H and O–H groups in total. The second-order valence-electron chi connectivity index (χ2n) is 4.49. The van der Waals surface area contributed by atoms with Crippen molar-refractivity contribution in [2.75, 3.05) is 13.7 Å². The molecule has 1 heterocycles. The van der Waals surface area contributed by atoms with Crippen molar-refractivity contribution >= 4 is 21.9 Å². The number of benzene rings is 1. The summed E-state index contributed by atoms with van der Waals surface area (Å²) in [4.78, 5) is 11.8. The fourth-order valence-corrected chi connectivity index (χ4v) is 2.33. The van der Waals surface area contributed by atoms with Crippen molar-refractivity contribution in [3.8, 4) is 5.75 Å². The zero-order valence-corrected chi connectivity index (χ0v) is 13.8. The fourth-order valence-electron chi connectivity index (χ4n) is 1.93. The second kappa shape index (κ2) is 6.76. The van der Waals surface area contributed by atoms with E-state index in [0.717, 1.165) is 21.5 Å². The van der Waals surface area contributed by atoms with Gasteiger partial charge in [0.1, 0.15) is 10.4 Å². The van der Waals surface area contributed by atoms with Crippen molar-refractivity contribution in [2.24, 2.45) is 0 Å². The van der Waals surface area contributed by atoms with Gasteiger partial charge in [-0.05, 0) is 47.5 Å². The largest absolute Gasteiger partial charge is 0.497 e. The lowest BCUT2D eigenvalue weighted by Gasteiger charge is -2.05. The monoisotopic (exact) mass is 352 g/mol. The summed E-state index contributed by atoms with van der Waals surface area (Å²) in [6.45, 7) is 4.51. The molecule has 0 atom stereocenters. The molecule has 1 aromatic heterocycles. The van der Waals surface area contributed by atoms with Gasteiger partial charge in [-0.1, -0.05) is 12.1 Å². The lowest BCUT2D eigenvalue weighted by Crippen LogP contribution is -2.08. The van der Waals surface area contributed by atoms with E-state index in [-0.39, 0.29) is 0 Å². The van der Waals surface area contributed by atoms with E-state index in [9.17, 15) is 4.79 Å². The maximum absolute atomic E-state index is 11.8. The molecule has 0 radical (unpaired) electrons. The number of hydrogen-bond donors (Lipinski definition) is 0. The van der Waals surface area contributed by atoms with Gasteiger partial charge in [0, 0.05) is 5.56 Å². The molecule has 0 bridgehead atoms. The maximum atomic E-state index is 11.8. The van der Waals surface area contributed by atoms with E-state index in [1.807, 2.05) is 31.2 Å². The molecule has 0 saturated carbocycles. The van der Waals surface area contributed by atoms with Crippen molar-refractivity contribution in [2.45, 2.75) is 20.4 Å². The number of carbonyl (C=O) groups is 1. The normalized spacial score (nSPS) is 10.5. The Morgan fingerprint density at radius 1 is 1.33 bits per heavy atom. The van der Waals surface area contributed by atoms with E-state index in [1.54, 1.807) is 18.7 Å². The van der Waals surface area contributed by atoms with Gasteiger partial charge in [0.25, 0.3) is 0 Å². The van der Waals surface area contributed by atoms with Gasteiger partial charge in [0.2, 0.25) is 0 Å². The molecule has 5 nitrogen and oxygen atoms in total. The molecule has 112 valence electrons. The number of halogens is 1. The lowest BCUT2D eigenvalue weighted by molar-refractivity contribution is 0.0517. The third-order valence-electron chi connectivity index (χ3n) is 3.07. The summed E-state index contributed by atoms with van der Waals surface area (Å²) in [6.07, 6.45) is 0. The van der Waals surface area contributed by atoms with Crippen molar-refractivity contribution in [1.29, 1.82) is 0 Å². The quantitative estimate of drug-likeness (QED) is 0.775. The predicted octanol–water partition coefficient (Wildman–Crippen LogP) is 3.19. The van der Waals surface area contributed by atoms with Gasteiger partial charge in [-0.3, -0.25) is 4.68 Å². The Morgan fingerprint density at radius 3 is 2.57 bits per heavy atom. The van der Waals surface area contributed by atoms with Crippen LogP contribution in [-0.4, -0.2) is 29.5 Å². The number of hydrogen-bond acceptors (Lipinski definition) is 4. The molecule has 0 saturated heterocycles. The Bertz CT molecular complexity index is 635. The molecule has 1 aromatic carbocycles. The Morgan fingerprint density at radius 2 is 2.00 bits per heavy atom. The van der Waals surface area contributed by atoms with Crippen molar-refractivity contribution < 1.29 is 14.3 Å². The first-order valence-electron chi connectivity index (χ1n) is 6.59. The second-order valence-corrected chi connectivity index (χ2v) is 5.24. The Hall–Kier alpha value is -1.82. The van der Waals surface area contributed by atoms with Crippen molar-refractivity contribution in [3.63, 3.8) is 0 Å². The number of esters is 1. The van der Waals surface area contributed by atoms with Crippen LogP contribution in [-0.2, 0) is 11.3 Å². The highest BCUT2D eigenvalue weighted by Gasteiger charge is 2.19. The molecule has 2 aromatic rings. The molecule has 0 aliphatic heterocycles.